The Balaban J connectivity index is 1.32. The van der Waals surface area contributed by atoms with Gasteiger partial charge in [-0.1, -0.05) is 30.3 Å². The average molecular weight is 433 g/mol. The van der Waals surface area contributed by atoms with Crippen LogP contribution in [0, 0.1) is 6.92 Å². The van der Waals surface area contributed by atoms with Gasteiger partial charge in [0.2, 0.25) is 17.8 Å². The van der Waals surface area contributed by atoms with Gasteiger partial charge in [0.25, 0.3) is 0 Å². The van der Waals surface area contributed by atoms with Gasteiger partial charge in [-0.05, 0) is 49.1 Å². The Morgan fingerprint density at radius 3 is 2.66 bits per heavy atom. The van der Waals surface area contributed by atoms with Crippen LogP contribution in [0.5, 0.6) is 0 Å². The van der Waals surface area contributed by atoms with Crippen molar-refractivity contribution in [3.8, 4) is 0 Å². The Morgan fingerprint density at radius 1 is 1.09 bits per heavy atom. The fraction of sp³-hybridized carbons (Fsp3) is 0.333. The Bertz CT molecular complexity index is 1070. The summed E-state index contributed by atoms with van der Waals surface area (Å²) >= 11 is 0. The summed E-state index contributed by atoms with van der Waals surface area (Å²) in [5, 5.41) is 5.95. The molecule has 1 fully saturated rings. The van der Waals surface area contributed by atoms with Crippen LogP contribution in [0.4, 0.5) is 23.3 Å². The minimum atomic E-state index is -0.115. The first-order valence-electron chi connectivity index (χ1n) is 10.8. The number of anilines is 4. The Morgan fingerprint density at radius 2 is 1.88 bits per heavy atom. The monoisotopic (exact) mass is 432 g/mol. The molecule has 1 amide bonds. The van der Waals surface area contributed by atoms with E-state index in [2.05, 4.69) is 61.7 Å². The Kier molecular flexibility index (Phi) is 6.91. The van der Waals surface area contributed by atoms with Crippen LogP contribution in [0.15, 0.2) is 54.9 Å². The highest BCUT2D eigenvalue weighted by atomic mass is 16.5. The van der Waals surface area contributed by atoms with Crippen molar-refractivity contribution >= 4 is 29.2 Å². The standard InChI is InChI=1S/C24H28N6O2/c1-17-6-3-4-7-19(17)15-32-22-10-12-30(13-11-22)24-26-16-25-23(29-24)28-21-9-5-8-20(14-21)27-18(2)31/h3-9,14,16,22H,10-13,15H2,1-2H3,(H,27,31)(H,25,26,28,29). The van der Waals surface area contributed by atoms with Gasteiger partial charge in [-0.2, -0.15) is 4.98 Å². The van der Waals surface area contributed by atoms with Crippen molar-refractivity contribution in [1.29, 1.82) is 0 Å². The number of ether oxygens (including phenoxy) is 1. The second-order valence-electron chi connectivity index (χ2n) is 7.92. The summed E-state index contributed by atoms with van der Waals surface area (Å²) in [4.78, 5) is 26.6. The number of benzene rings is 2. The molecule has 1 saturated heterocycles. The Hall–Kier alpha value is -3.52. The number of hydrogen-bond donors (Lipinski definition) is 2. The van der Waals surface area contributed by atoms with Gasteiger partial charge in [0, 0.05) is 31.4 Å². The first kappa shape index (κ1) is 21.7. The van der Waals surface area contributed by atoms with E-state index in [1.54, 1.807) is 0 Å². The molecule has 1 aliphatic rings. The van der Waals surface area contributed by atoms with Gasteiger partial charge < -0.3 is 20.3 Å². The summed E-state index contributed by atoms with van der Waals surface area (Å²) in [6.45, 7) is 5.91. The second kappa shape index (κ2) is 10.2. The van der Waals surface area contributed by atoms with Gasteiger partial charge in [-0.3, -0.25) is 4.79 Å². The van der Waals surface area contributed by atoms with E-state index < -0.39 is 0 Å². The number of piperidine rings is 1. The number of nitrogens with zero attached hydrogens (tertiary/aromatic N) is 4. The summed E-state index contributed by atoms with van der Waals surface area (Å²) in [6, 6.07) is 15.8. The van der Waals surface area contributed by atoms with Gasteiger partial charge >= 0.3 is 0 Å². The fourth-order valence-corrected chi connectivity index (χ4v) is 3.71. The zero-order valence-corrected chi connectivity index (χ0v) is 18.4. The lowest BCUT2D eigenvalue weighted by molar-refractivity contribution is -0.114. The van der Waals surface area contributed by atoms with Crippen LogP contribution < -0.4 is 15.5 Å². The minimum Gasteiger partial charge on any atom is -0.373 e. The zero-order chi connectivity index (χ0) is 22.3. The molecule has 2 heterocycles. The van der Waals surface area contributed by atoms with Crippen LogP contribution in [0.2, 0.25) is 0 Å². The number of rotatable bonds is 7. The van der Waals surface area contributed by atoms with Crippen molar-refractivity contribution in [3.05, 3.63) is 66.0 Å². The number of carbonyl (C=O) groups excluding carboxylic acids is 1. The zero-order valence-electron chi connectivity index (χ0n) is 18.4. The minimum absolute atomic E-state index is 0.115. The lowest BCUT2D eigenvalue weighted by Gasteiger charge is -2.32. The van der Waals surface area contributed by atoms with Crippen LogP contribution in [0.3, 0.4) is 0 Å². The molecule has 4 rings (SSSR count). The van der Waals surface area contributed by atoms with Gasteiger partial charge in [-0.25, -0.2) is 9.97 Å². The van der Waals surface area contributed by atoms with Gasteiger partial charge in [0.05, 0.1) is 12.7 Å². The molecule has 3 aromatic rings. The smallest absolute Gasteiger partial charge is 0.231 e. The van der Waals surface area contributed by atoms with Crippen molar-refractivity contribution in [2.24, 2.45) is 0 Å². The quantitative estimate of drug-likeness (QED) is 0.581. The highest BCUT2D eigenvalue weighted by Crippen LogP contribution is 2.22. The second-order valence-corrected chi connectivity index (χ2v) is 7.92. The maximum atomic E-state index is 11.3. The van der Waals surface area contributed by atoms with E-state index in [4.69, 9.17) is 4.74 Å². The molecule has 0 bridgehead atoms. The molecule has 0 spiro atoms. The molecule has 0 unspecified atom stereocenters. The summed E-state index contributed by atoms with van der Waals surface area (Å²) in [5.74, 6) is 1.00. The van der Waals surface area contributed by atoms with Crippen LogP contribution in [-0.2, 0) is 16.1 Å². The number of aromatic nitrogens is 3. The molecule has 0 aliphatic carbocycles. The molecule has 2 aromatic carbocycles. The predicted octanol–water partition coefficient (Wildman–Crippen LogP) is 4.07. The van der Waals surface area contributed by atoms with E-state index >= 15 is 0 Å². The lowest BCUT2D eigenvalue weighted by atomic mass is 10.1. The van der Waals surface area contributed by atoms with E-state index in [1.807, 2.05) is 24.3 Å². The number of amides is 1. The highest BCUT2D eigenvalue weighted by molar-refractivity contribution is 5.89. The molecule has 0 atom stereocenters. The van der Waals surface area contributed by atoms with E-state index in [0.29, 0.717) is 24.2 Å². The topological polar surface area (TPSA) is 92.3 Å². The van der Waals surface area contributed by atoms with Crippen LogP contribution in [-0.4, -0.2) is 40.1 Å². The van der Waals surface area contributed by atoms with Gasteiger partial charge in [-0.15, -0.1) is 0 Å². The molecule has 2 N–H and O–H groups in total. The Labute approximate surface area is 188 Å². The summed E-state index contributed by atoms with van der Waals surface area (Å²) in [7, 11) is 0. The molecule has 166 valence electrons. The van der Waals surface area contributed by atoms with Crippen LogP contribution >= 0.6 is 0 Å². The van der Waals surface area contributed by atoms with E-state index in [9.17, 15) is 4.79 Å². The van der Waals surface area contributed by atoms with Crippen molar-refractivity contribution in [3.63, 3.8) is 0 Å². The van der Waals surface area contributed by atoms with Crippen molar-refractivity contribution < 1.29 is 9.53 Å². The maximum absolute atomic E-state index is 11.3. The molecule has 0 saturated carbocycles. The molecule has 8 nitrogen and oxygen atoms in total. The fourth-order valence-electron chi connectivity index (χ4n) is 3.71. The SMILES string of the molecule is CC(=O)Nc1cccc(Nc2ncnc(N3CCC(OCc4ccccc4C)CC3)n2)c1. The van der Waals surface area contributed by atoms with Crippen LogP contribution in [0.1, 0.15) is 30.9 Å². The number of carbonyl (C=O) groups is 1. The summed E-state index contributed by atoms with van der Waals surface area (Å²) in [5.41, 5.74) is 4.00. The first-order valence-corrected chi connectivity index (χ1v) is 10.8. The number of nitrogens with one attached hydrogen (secondary N) is 2. The lowest BCUT2D eigenvalue weighted by Crippen LogP contribution is -2.38. The number of hydrogen-bond acceptors (Lipinski definition) is 7. The van der Waals surface area contributed by atoms with E-state index in [0.717, 1.165) is 31.6 Å². The normalized spacial score (nSPS) is 14.2. The molecular weight excluding hydrogens is 404 g/mol. The summed E-state index contributed by atoms with van der Waals surface area (Å²) in [6.07, 6.45) is 3.61. The van der Waals surface area contributed by atoms with Gasteiger partial charge in [0.15, 0.2) is 0 Å². The highest BCUT2D eigenvalue weighted by Gasteiger charge is 2.22. The average Bonchev–Trinajstić information content (AvgIpc) is 2.79. The maximum Gasteiger partial charge on any atom is 0.231 e. The number of aryl methyl sites for hydroxylation is 1. The third-order valence-electron chi connectivity index (χ3n) is 5.46. The van der Waals surface area contributed by atoms with Crippen molar-refractivity contribution in [2.45, 2.75) is 39.4 Å². The predicted molar refractivity (Wildman–Crippen MR) is 125 cm³/mol. The van der Waals surface area contributed by atoms with Gasteiger partial charge in [0.1, 0.15) is 6.33 Å². The van der Waals surface area contributed by atoms with Crippen molar-refractivity contribution in [1.82, 2.24) is 15.0 Å². The third-order valence-corrected chi connectivity index (χ3v) is 5.46. The largest absolute Gasteiger partial charge is 0.373 e. The van der Waals surface area contributed by atoms with Crippen molar-refractivity contribution in [2.75, 3.05) is 28.6 Å². The molecule has 0 radical (unpaired) electrons. The van der Waals surface area contributed by atoms with E-state index in [1.165, 1.54) is 24.4 Å². The molecular formula is C24H28N6O2. The first-order chi connectivity index (χ1) is 15.6. The molecule has 32 heavy (non-hydrogen) atoms. The van der Waals surface area contributed by atoms with Crippen LogP contribution in [0.25, 0.3) is 0 Å². The summed E-state index contributed by atoms with van der Waals surface area (Å²) < 4.78 is 6.15. The molecule has 1 aliphatic heterocycles. The molecule has 8 heteroatoms. The molecule has 1 aromatic heterocycles. The third kappa shape index (κ3) is 5.79. The van der Waals surface area contributed by atoms with E-state index in [-0.39, 0.29) is 12.0 Å².